The maximum Gasteiger partial charge on any atom is 0.0872 e. The fourth-order valence-corrected chi connectivity index (χ4v) is 10.3. The second-order valence-corrected chi connectivity index (χ2v) is 18.8. The molecule has 8 heteroatoms. The van der Waals surface area contributed by atoms with E-state index in [0.717, 1.165) is 151 Å². The first-order valence-electron chi connectivity index (χ1n) is 36.9. The number of rotatable bonds is 4. The molecule has 0 amide bonds. The molecule has 4 aromatic carbocycles. The summed E-state index contributed by atoms with van der Waals surface area (Å²) in [5.41, 5.74) is 25.2. The highest BCUT2D eigenvalue weighted by atomic mass is 14.9. The number of H-pyrrole nitrogens is 3. The van der Waals surface area contributed by atoms with Gasteiger partial charge in [0, 0.05) is 60.8 Å². The van der Waals surface area contributed by atoms with Crippen molar-refractivity contribution in [3.05, 3.63) is 250 Å². The third-order valence-electron chi connectivity index (χ3n) is 14.2. The third kappa shape index (κ3) is 21.6. The summed E-state index contributed by atoms with van der Waals surface area (Å²) < 4.78 is 0. The SMILES string of the molecule is C1=Cc2nc1c(-c1ccccc1)c1ccc([nH]1)c(-c1ccccc1)c1nc(c(-c3ccccc3)c3ccc([nH]3)c2-c2ccccc2)C=C1.CC.CC.CC.CC.CC.CC.CC.CC.CC.CC.CC.CC.CC1=C2C=CC(=N2)C(C)=C2C=CC(=N2)C(C)=c2ccc([nH]2)=C2C=CC1=N2. The van der Waals surface area contributed by atoms with Gasteiger partial charge in [0.05, 0.1) is 62.4 Å². The predicted molar refractivity (Wildman–Crippen MR) is 444 cm³/mol. The van der Waals surface area contributed by atoms with Crippen molar-refractivity contribution < 1.29 is 0 Å². The minimum Gasteiger partial charge on any atom is -0.354 e. The van der Waals surface area contributed by atoms with E-state index < -0.39 is 0 Å². The summed E-state index contributed by atoms with van der Waals surface area (Å²) in [4.78, 5) is 36.2. The molecule has 10 heterocycles. The van der Waals surface area contributed by atoms with Crippen molar-refractivity contribution in [3.8, 4) is 44.5 Å². The van der Waals surface area contributed by atoms with Crippen LogP contribution in [0.25, 0.3) is 102 Å². The number of nitrogens with zero attached hydrogens (tertiary/aromatic N) is 5. The number of aliphatic imine (C=N–C) groups is 3. The Balaban J connectivity index is 0.000000814. The standard InChI is InChI=1S/C44H30N4.C22H18N4.12C2H6/c1-5-13-29(14-6-1)41-33-21-23-35(45-33)42(30-15-7-2-8-16-30)37-25-27-39(47-37)44(32-19-11-4-12-20-32)40-28-26-38(48-40)43(31-17-9-3-10-18-31)36-24-22-34(41)46-36;1-12-15-4-6-17(23-15)13(2)19-8-10-21(25-19)22-11-9-20(26-22)14(3)18-7-5-16(12)24-18;12*1-2/h1-28,45,48H;4-11,25H,1-3H3;12*1-2H3. The molecule has 4 aromatic heterocycles. The van der Waals surface area contributed by atoms with E-state index in [-0.39, 0.29) is 0 Å². The second-order valence-electron chi connectivity index (χ2n) is 18.8. The van der Waals surface area contributed by atoms with Gasteiger partial charge in [0.15, 0.2) is 0 Å². The number of aromatic amines is 3. The van der Waals surface area contributed by atoms with Crippen molar-refractivity contribution in [1.29, 1.82) is 0 Å². The first-order chi connectivity index (χ1) is 48.4. The lowest BCUT2D eigenvalue weighted by Crippen LogP contribution is -2.16. The summed E-state index contributed by atoms with van der Waals surface area (Å²) >= 11 is 0. The maximum atomic E-state index is 5.35. The first kappa shape index (κ1) is 86.2. The largest absolute Gasteiger partial charge is 0.354 e. The quantitative estimate of drug-likeness (QED) is 0.163. The number of fused-ring (bicyclic) bond motifs is 13. The monoisotopic (exact) mass is 1310 g/mol. The number of allylic oxidation sites excluding steroid dienone is 7. The second kappa shape index (κ2) is 48.8. The zero-order valence-electron chi connectivity index (χ0n) is 65.0. The minimum absolute atomic E-state index is 0.906. The van der Waals surface area contributed by atoms with Gasteiger partial charge in [0.2, 0.25) is 0 Å². The van der Waals surface area contributed by atoms with Crippen LogP contribution in [0, 0.1) is 0 Å². The van der Waals surface area contributed by atoms with Crippen LogP contribution in [-0.4, -0.2) is 42.1 Å². The van der Waals surface area contributed by atoms with Gasteiger partial charge in [-0.25, -0.2) is 24.9 Å². The van der Waals surface area contributed by atoms with Gasteiger partial charge >= 0.3 is 0 Å². The van der Waals surface area contributed by atoms with Gasteiger partial charge in [0.1, 0.15) is 0 Å². The lowest BCUT2D eigenvalue weighted by molar-refractivity contribution is 1.24. The van der Waals surface area contributed by atoms with Crippen LogP contribution in [0.1, 0.15) is 210 Å². The Morgan fingerprint density at radius 2 is 0.449 bits per heavy atom. The van der Waals surface area contributed by atoms with E-state index in [1.807, 2.05) is 190 Å². The zero-order valence-corrected chi connectivity index (χ0v) is 65.0. The number of hydrogen-bond donors (Lipinski definition) is 3. The summed E-state index contributed by atoms with van der Waals surface area (Å²) in [6, 6.07) is 54.8. The molecule has 3 N–H and O–H groups in total. The van der Waals surface area contributed by atoms with Crippen LogP contribution in [0.3, 0.4) is 0 Å². The highest BCUT2D eigenvalue weighted by molar-refractivity contribution is 6.26. The van der Waals surface area contributed by atoms with Gasteiger partial charge in [-0.2, -0.15) is 0 Å². The molecule has 16 bridgehead atoms. The molecule has 6 aliphatic heterocycles. The molecule has 0 saturated carbocycles. The Morgan fingerprint density at radius 1 is 0.214 bits per heavy atom. The van der Waals surface area contributed by atoms with E-state index in [2.05, 4.69) is 230 Å². The Hall–Kier alpha value is -9.79. The normalized spacial score (nSPS) is 12.1. The minimum atomic E-state index is 0.906. The third-order valence-corrected chi connectivity index (χ3v) is 14.2. The van der Waals surface area contributed by atoms with Crippen molar-refractivity contribution in [2.24, 2.45) is 15.0 Å². The molecule has 0 atom stereocenters. The van der Waals surface area contributed by atoms with Crippen LogP contribution in [0.5, 0.6) is 0 Å². The van der Waals surface area contributed by atoms with E-state index in [1.165, 1.54) is 0 Å². The van der Waals surface area contributed by atoms with E-state index in [9.17, 15) is 0 Å². The molecule has 0 saturated heterocycles. The predicted octanol–water partition coefficient (Wildman–Crippen LogP) is 26.5. The van der Waals surface area contributed by atoms with Crippen molar-refractivity contribution in [3.63, 3.8) is 0 Å². The Bertz CT molecular complexity index is 3930. The van der Waals surface area contributed by atoms with Crippen molar-refractivity contribution >= 4 is 74.8 Å². The summed E-state index contributed by atoms with van der Waals surface area (Å²) in [7, 11) is 0. The van der Waals surface area contributed by atoms with E-state index >= 15 is 0 Å². The van der Waals surface area contributed by atoms with Gasteiger partial charge < -0.3 is 15.0 Å². The molecule has 0 fully saturated rings. The summed E-state index contributed by atoms with van der Waals surface area (Å²) in [5, 5.41) is 2.08. The number of benzene rings is 4. The molecule has 0 spiro atoms. The maximum absolute atomic E-state index is 5.35. The number of aromatic nitrogens is 5. The van der Waals surface area contributed by atoms with Crippen LogP contribution in [0.4, 0.5) is 0 Å². The summed E-state index contributed by atoms with van der Waals surface area (Å²) in [5.74, 6) is 0. The van der Waals surface area contributed by atoms with Gasteiger partial charge in [-0.1, -0.05) is 287 Å². The molecular weight excluding hydrogens is 1190 g/mol. The Kier molecular flexibility index (Phi) is 43.0. The van der Waals surface area contributed by atoms with Gasteiger partial charge in [-0.05, 0) is 146 Å². The van der Waals surface area contributed by atoms with Crippen LogP contribution in [0.15, 0.2) is 232 Å². The van der Waals surface area contributed by atoms with Crippen molar-refractivity contribution in [2.45, 2.75) is 187 Å². The molecule has 0 radical (unpaired) electrons. The Labute approximate surface area is 593 Å². The zero-order chi connectivity index (χ0) is 73.7. The van der Waals surface area contributed by atoms with Gasteiger partial charge in [-0.15, -0.1) is 0 Å². The summed E-state index contributed by atoms with van der Waals surface area (Å²) in [6.07, 6.45) is 20.9. The highest BCUT2D eigenvalue weighted by Gasteiger charge is 2.21. The van der Waals surface area contributed by atoms with Crippen LogP contribution >= 0.6 is 0 Å². The molecule has 6 aliphatic rings. The average molecular weight is 1310 g/mol. The smallest absolute Gasteiger partial charge is 0.0872 e. The topological polar surface area (TPSA) is 110 Å². The van der Waals surface area contributed by atoms with E-state index in [1.54, 1.807) is 0 Å². The lowest BCUT2D eigenvalue weighted by atomic mass is 10.0. The highest BCUT2D eigenvalue weighted by Crippen LogP contribution is 2.38. The summed E-state index contributed by atoms with van der Waals surface area (Å²) in [6.45, 7) is 54.2. The van der Waals surface area contributed by atoms with Crippen LogP contribution in [0.2, 0.25) is 0 Å². The molecule has 8 nitrogen and oxygen atoms in total. The van der Waals surface area contributed by atoms with Gasteiger partial charge in [-0.3, -0.25) is 0 Å². The molecule has 14 rings (SSSR count). The molecule has 8 aromatic rings. The van der Waals surface area contributed by atoms with Crippen LogP contribution < -0.4 is 10.7 Å². The molecule has 0 aliphatic carbocycles. The molecular formula is C90H120N8. The van der Waals surface area contributed by atoms with E-state index in [4.69, 9.17) is 24.9 Å². The van der Waals surface area contributed by atoms with Crippen molar-refractivity contribution in [1.82, 2.24) is 24.9 Å². The Morgan fingerprint density at radius 3 is 0.724 bits per heavy atom. The van der Waals surface area contributed by atoms with Crippen LogP contribution in [-0.2, 0) is 0 Å². The average Bonchev–Trinajstić information content (AvgIpc) is 1.62. The molecule has 520 valence electrons. The number of hydrogen-bond acceptors (Lipinski definition) is 5. The van der Waals surface area contributed by atoms with Gasteiger partial charge in [0.25, 0.3) is 0 Å². The first-order valence-corrected chi connectivity index (χ1v) is 36.9. The lowest BCUT2D eigenvalue weighted by Gasteiger charge is -2.07. The fourth-order valence-electron chi connectivity index (χ4n) is 10.3. The fraction of sp³-hybridized carbons (Fsp3) is 0.300. The number of nitrogens with one attached hydrogen (secondary N) is 3. The van der Waals surface area contributed by atoms with E-state index in [0.29, 0.717) is 0 Å². The molecule has 0 unspecified atom stereocenters. The van der Waals surface area contributed by atoms with Crippen molar-refractivity contribution in [2.75, 3.05) is 0 Å². The molecule has 98 heavy (non-hydrogen) atoms.